The molecule has 2 amide bonds. The van der Waals surface area contributed by atoms with Gasteiger partial charge in [-0.25, -0.2) is 19.3 Å². The number of benzene rings is 2. The van der Waals surface area contributed by atoms with Crippen LogP contribution in [0.25, 0.3) is 0 Å². The Morgan fingerprint density at radius 3 is 1.34 bits per heavy atom. The third kappa shape index (κ3) is 8.35. The number of primary amides is 2. The largest absolute Gasteiger partial charge is 0.369 e. The first-order valence-electron chi connectivity index (χ1n) is 15.2. The molecule has 4 aromatic rings. The molecule has 2 aromatic heterocycles. The third-order valence-electron chi connectivity index (χ3n) is 8.89. The molecule has 0 bridgehead atoms. The third-order valence-corrected chi connectivity index (χ3v) is 8.89. The molecular formula is C35H45N9O3. The minimum atomic E-state index is -0.833. The van der Waals surface area contributed by atoms with Gasteiger partial charge in [-0.1, -0.05) is 36.4 Å². The van der Waals surface area contributed by atoms with Crippen molar-refractivity contribution in [1.29, 1.82) is 5.26 Å². The number of ketones is 1. The van der Waals surface area contributed by atoms with Crippen LogP contribution in [0.15, 0.2) is 61.7 Å². The van der Waals surface area contributed by atoms with Gasteiger partial charge >= 0.3 is 0 Å². The SMILES string of the molecule is CC(=O)C(C)(C)c1cc(Cn2cncn2)cc(C(C)(C)C(N)=O)c1.CC(C)(C#N)c1cc(Cn2cncn2)cc(C(C)(C)C(N)=O)c1. The molecule has 0 aliphatic carbocycles. The molecule has 0 spiro atoms. The van der Waals surface area contributed by atoms with E-state index in [0.717, 1.165) is 33.4 Å². The van der Waals surface area contributed by atoms with Gasteiger partial charge in [0, 0.05) is 5.41 Å². The predicted molar refractivity (Wildman–Crippen MR) is 178 cm³/mol. The maximum absolute atomic E-state index is 12.1. The van der Waals surface area contributed by atoms with Gasteiger partial charge in [-0.05, 0) is 95.7 Å². The summed E-state index contributed by atoms with van der Waals surface area (Å²) in [6.07, 6.45) is 6.19. The zero-order valence-corrected chi connectivity index (χ0v) is 28.7. The van der Waals surface area contributed by atoms with Crippen LogP contribution in [-0.2, 0) is 49.1 Å². The number of nitriles is 1. The minimum absolute atomic E-state index is 0.0586. The molecule has 0 radical (unpaired) electrons. The number of nitrogens with two attached hydrogens (primary N) is 2. The van der Waals surface area contributed by atoms with E-state index in [-0.39, 0.29) is 5.78 Å². The number of rotatable bonds is 11. The van der Waals surface area contributed by atoms with Crippen molar-refractivity contribution < 1.29 is 14.4 Å². The average molecular weight is 640 g/mol. The summed E-state index contributed by atoms with van der Waals surface area (Å²) in [6, 6.07) is 13.9. The molecule has 4 N–H and O–H groups in total. The van der Waals surface area contributed by atoms with Crippen LogP contribution in [0.1, 0.15) is 95.7 Å². The van der Waals surface area contributed by atoms with Crippen molar-refractivity contribution in [3.05, 3.63) is 95.1 Å². The Labute approximate surface area is 276 Å². The van der Waals surface area contributed by atoms with Crippen molar-refractivity contribution in [2.24, 2.45) is 11.5 Å². The van der Waals surface area contributed by atoms with Gasteiger partial charge in [0.05, 0.1) is 35.4 Å². The van der Waals surface area contributed by atoms with Gasteiger partial charge in [0.2, 0.25) is 11.8 Å². The van der Waals surface area contributed by atoms with E-state index in [9.17, 15) is 19.6 Å². The highest BCUT2D eigenvalue weighted by molar-refractivity contribution is 5.88. The van der Waals surface area contributed by atoms with Crippen LogP contribution in [0.4, 0.5) is 0 Å². The number of hydrogen-bond donors (Lipinski definition) is 2. The summed E-state index contributed by atoms with van der Waals surface area (Å²) in [7, 11) is 0. The van der Waals surface area contributed by atoms with Crippen molar-refractivity contribution in [2.45, 2.75) is 97.1 Å². The van der Waals surface area contributed by atoms with Crippen LogP contribution >= 0.6 is 0 Å². The number of hydrogen-bond acceptors (Lipinski definition) is 8. The summed E-state index contributed by atoms with van der Waals surface area (Å²) in [5.74, 6) is -0.758. The van der Waals surface area contributed by atoms with E-state index < -0.39 is 33.5 Å². The lowest BCUT2D eigenvalue weighted by Gasteiger charge is -2.27. The van der Waals surface area contributed by atoms with Crippen LogP contribution in [0.3, 0.4) is 0 Å². The first kappa shape index (κ1) is 36.3. The summed E-state index contributed by atoms with van der Waals surface area (Å²) >= 11 is 0. The van der Waals surface area contributed by atoms with Gasteiger partial charge < -0.3 is 11.5 Å². The van der Waals surface area contributed by atoms with E-state index in [2.05, 4.69) is 26.2 Å². The smallest absolute Gasteiger partial charge is 0.227 e. The van der Waals surface area contributed by atoms with Crippen LogP contribution in [-0.4, -0.2) is 47.1 Å². The molecule has 2 heterocycles. The fourth-order valence-corrected chi connectivity index (χ4v) is 4.57. The Hall–Kier alpha value is -5.18. The molecule has 4 rings (SSSR count). The van der Waals surface area contributed by atoms with Crippen molar-refractivity contribution in [3.63, 3.8) is 0 Å². The lowest BCUT2D eigenvalue weighted by Crippen LogP contribution is -2.36. The molecule has 0 aliphatic heterocycles. The Morgan fingerprint density at radius 1 is 0.660 bits per heavy atom. The molecule has 0 unspecified atom stereocenters. The molecule has 2 aromatic carbocycles. The van der Waals surface area contributed by atoms with Gasteiger partial charge in [0.1, 0.15) is 31.1 Å². The second-order valence-electron chi connectivity index (χ2n) is 13.9. The fraction of sp³-hybridized carbons (Fsp3) is 0.429. The van der Waals surface area contributed by atoms with E-state index in [1.807, 2.05) is 64.1 Å². The first-order chi connectivity index (χ1) is 21.7. The van der Waals surface area contributed by atoms with Crippen LogP contribution in [0.2, 0.25) is 0 Å². The standard InChI is InChI=1S/C18H24N4O2.C17H21N5O/c1-12(23)17(2,3)14-6-13(9-22-11-20-10-21-22)7-15(8-14)18(4,5)16(19)24;1-16(2,9-18)13-5-12(8-22-11-20-10-21-22)6-14(7-13)17(3,4)15(19)23/h6-8,10-11H,9H2,1-5H3,(H2,19,24);5-7,10-11H,8H2,1-4H3,(H2,19,23). The number of amides is 2. The maximum atomic E-state index is 12.1. The number of Topliss-reactive ketones (excluding diaryl/α,β-unsaturated/α-hetero) is 1. The summed E-state index contributed by atoms with van der Waals surface area (Å²) < 4.78 is 3.39. The van der Waals surface area contributed by atoms with Crippen LogP contribution in [0.5, 0.6) is 0 Å². The first-order valence-corrected chi connectivity index (χ1v) is 15.2. The molecule has 12 nitrogen and oxygen atoms in total. The van der Waals surface area contributed by atoms with Crippen LogP contribution < -0.4 is 11.5 Å². The van der Waals surface area contributed by atoms with Crippen molar-refractivity contribution in [1.82, 2.24) is 29.5 Å². The fourth-order valence-electron chi connectivity index (χ4n) is 4.57. The zero-order valence-electron chi connectivity index (χ0n) is 28.7. The molecule has 0 saturated carbocycles. The van der Waals surface area contributed by atoms with Crippen molar-refractivity contribution in [3.8, 4) is 6.07 Å². The van der Waals surface area contributed by atoms with E-state index in [1.54, 1.807) is 56.6 Å². The summed E-state index contributed by atoms with van der Waals surface area (Å²) in [5.41, 5.74) is 13.3. The normalized spacial score (nSPS) is 12.1. The summed E-state index contributed by atoms with van der Waals surface area (Å²) in [6.45, 7) is 17.2. The molecule has 12 heteroatoms. The highest BCUT2D eigenvalue weighted by Gasteiger charge is 2.33. The van der Waals surface area contributed by atoms with Gasteiger partial charge in [-0.2, -0.15) is 15.5 Å². The average Bonchev–Trinajstić information content (AvgIpc) is 3.71. The topological polar surface area (TPSA) is 188 Å². The highest BCUT2D eigenvalue weighted by Crippen LogP contribution is 2.33. The predicted octanol–water partition coefficient (Wildman–Crippen LogP) is 3.85. The van der Waals surface area contributed by atoms with E-state index in [4.69, 9.17) is 11.5 Å². The van der Waals surface area contributed by atoms with E-state index >= 15 is 0 Å². The molecule has 248 valence electrons. The molecular weight excluding hydrogens is 594 g/mol. The minimum Gasteiger partial charge on any atom is -0.369 e. The number of carbonyl (C=O) groups is 3. The van der Waals surface area contributed by atoms with Crippen molar-refractivity contribution in [2.75, 3.05) is 0 Å². The van der Waals surface area contributed by atoms with Gasteiger partial charge in [0.15, 0.2) is 0 Å². The highest BCUT2D eigenvalue weighted by atomic mass is 16.2. The summed E-state index contributed by atoms with van der Waals surface area (Å²) in [5, 5.41) is 17.6. The number of carbonyl (C=O) groups excluding carboxylic acids is 3. The van der Waals surface area contributed by atoms with Crippen LogP contribution in [0, 0.1) is 11.3 Å². The monoisotopic (exact) mass is 639 g/mol. The lowest BCUT2D eigenvalue weighted by atomic mass is 9.76. The molecule has 0 aliphatic rings. The molecule has 47 heavy (non-hydrogen) atoms. The van der Waals surface area contributed by atoms with E-state index in [0.29, 0.717) is 13.1 Å². The second kappa shape index (κ2) is 13.7. The quantitative estimate of drug-likeness (QED) is 0.247. The van der Waals surface area contributed by atoms with Gasteiger partial charge in [0.25, 0.3) is 0 Å². The molecule has 0 atom stereocenters. The second-order valence-corrected chi connectivity index (χ2v) is 13.9. The zero-order chi connectivity index (χ0) is 35.4. The number of aromatic nitrogens is 6. The molecule has 0 saturated heterocycles. The Kier molecular flexibility index (Phi) is 10.6. The maximum Gasteiger partial charge on any atom is 0.227 e. The van der Waals surface area contributed by atoms with Gasteiger partial charge in [-0.3, -0.25) is 14.4 Å². The van der Waals surface area contributed by atoms with E-state index in [1.165, 1.54) is 12.7 Å². The van der Waals surface area contributed by atoms with Gasteiger partial charge in [-0.15, -0.1) is 0 Å². The lowest BCUT2D eigenvalue weighted by molar-refractivity contribution is -0.123. The summed E-state index contributed by atoms with van der Waals surface area (Å²) in [4.78, 5) is 43.6. The Balaban J connectivity index is 0.000000256. The Bertz CT molecular complexity index is 1730. The molecule has 0 fully saturated rings. The Morgan fingerprint density at radius 2 is 1.02 bits per heavy atom. The van der Waals surface area contributed by atoms with Crippen molar-refractivity contribution >= 4 is 17.6 Å². The number of nitrogens with zero attached hydrogens (tertiary/aromatic N) is 7.